The average molecular weight is 250 g/mol. The van der Waals surface area contributed by atoms with Gasteiger partial charge in [-0.2, -0.15) is 5.10 Å². The van der Waals surface area contributed by atoms with Crippen molar-refractivity contribution in [3.8, 4) is 0 Å². The molecule has 5 nitrogen and oxygen atoms in total. The minimum Gasteiger partial charge on any atom is -0.396 e. The molecule has 0 radical (unpaired) electrons. The number of hydrogen-bond acceptors (Lipinski definition) is 3. The van der Waals surface area contributed by atoms with Crippen LogP contribution in [0.2, 0.25) is 0 Å². The highest BCUT2D eigenvalue weighted by Gasteiger charge is 2.27. The Balaban J connectivity index is 2.09. The first-order valence-corrected chi connectivity index (χ1v) is 6.55. The molecule has 2 rings (SSSR count). The Hall–Kier alpha value is -1.52. The molecule has 0 atom stereocenters. The monoisotopic (exact) mass is 250 g/mol. The van der Waals surface area contributed by atoms with Gasteiger partial charge in [0.2, 0.25) is 0 Å². The van der Waals surface area contributed by atoms with Gasteiger partial charge in [0, 0.05) is 20.1 Å². The molecule has 18 heavy (non-hydrogen) atoms. The maximum absolute atomic E-state index is 12.4. The number of anilines is 1. The number of nitrogens with two attached hydrogens (primary N) is 1. The topological polar surface area (TPSA) is 64.2 Å². The van der Waals surface area contributed by atoms with Crippen molar-refractivity contribution in [2.75, 3.05) is 12.8 Å². The summed E-state index contributed by atoms with van der Waals surface area (Å²) in [6.45, 7) is 2.27. The van der Waals surface area contributed by atoms with Crippen molar-refractivity contribution >= 4 is 11.6 Å². The third kappa shape index (κ3) is 2.35. The van der Waals surface area contributed by atoms with E-state index in [0.717, 1.165) is 18.8 Å². The second-order valence-corrected chi connectivity index (χ2v) is 5.40. The number of rotatable bonds is 2. The molecular formula is C13H22N4O. The van der Waals surface area contributed by atoms with Gasteiger partial charge in [-0.3, -0.25) is 9.48 Å². The summed E-state index contributed by atoms with van der Waals surface area (Å²) in [5.41, 5.74) is 6.75. The molecule has 1 heterocycles. The highest BCUT2D eigenvalue weighted by molar-refractivity contribution is 5.97. The summed E-state index contributed by atoms with van der Waals surface area (Å²) < 4.78 is 1.56. The van der Waals surface area contributed by atoms with Crippen LogP contribution < -0.4 is 5.73 Å². The average Bonchev–Trinajstić information content (AvgIpc) is 2.68. The summed E-state index contributed by atoms with van der Waals surface area (Å²) in [6.07, 6.45) is 6.10. The van der Waals surface area contributed by atoms with E-state index in [1.807, 2.05) is 11.9 Å². The first-order valence-electron chi connectivity index (χ1n) is 6.55. The molecule has 5 heteroatoms. The van der Waals surface area contributed by atoms with E-state index in [1.54, 1.807) is 11.7 Å². The molecule has 0 saturated heterocycles. The molecule has 1 fully saturated rings. The van der Waals surface area contributed by atoms with Crippen molar-refractivity contribution in [2.24, 2.45) is 13.0 Å². The molecule has 100 valence electrons. The number of aryl methyl sites for hydroxylation is 1. The summed E-state index contributed by atoms with van der Waals surface area (Å²) in [7, 11) is 3.62. The van der Waals surface area contributed by atoms with Crippen LogP contribution in [-0.4, -0.2) is 33.7 Å². The van der Waals surface area contributed by atoms with Gasteiger partial charge in [0.15, 0.2) is 0 Å². The van der Waals surface area contributed by atoms with Crippen LogP contribution in [-0.2, 0) is 7.05 Å². The number of aromatic nitrogens is 2. The highest BCUT2D eigenvalue weighted by Crippen LogP contribution is 2.27. The first-order chi connectivity index (χ1) is 8.50. The van der Waals surface area contributed by atoms with Crippen LogP contribution in [0.3, 0.4) is 0 Å². The molecule has 2 N–H and O–H groups in total. The number of carbonyl (C=O) groups is 1. The second-order valence-electron chi connectivity index (χ2n) is 5.40. The Morgan fingerprint density at radius 1 is 1.44 bits per heavy atom. The van der Waals surface area contributed by atoms with Crippen LogP contribution in [0.1, 0.15) is 43.1 Å². The van der Waals surface area contributed by atoms with E-state index in [-0.39, 0.29) is 5.91 Å². The fourth-order valence-electron chi connectivity index (χ4n) is 2.68. The van der Waals surface area contributed by atoms with E-state index in [1.165, 1.54) is 19.0 Å². The summed E-state index contributed by atoms with van der Waals surface area (Å²) in [5, 5.41) is 4.02. The van der Waals surface area contributed by atoms with Gasteiger partial charge in [0.05, 0.1) is 11.9 Å². The van der Waals surface area contributed by atoms with Crippen molar-refractivity contribution in [1.82, 2.24) is 14.7 Å². The Morgan fingerprint density at radius 3 is 2.56 bits per heavy atom. The maximum atomic E-state index is 12.4. The van der Waals surface area contributed by atoms with E-state index in [4.69, 9.17) is 5.73 Å². The SMILES string of the molecule is CC1CCC(N(C)C(=O)c2c(N)cnn2C)CC1. The van der Waals surface area contributed by atoms with E-state index in [2.05, 4.69) is 12.0 Å². The summed E-state index contributed by atoms with van der Waals surface area (Å²) in [6, 6.07) is 0.336. The molecular weight excluding hydrogens is 228 g/mol. The normalized spacial score (nSPS) is 23.9. The summed E-state index contributed by atoms with van der Waals surface area (Å²) >= 11 is 0. The van der Waals surface area contributed by atoms with Crippen molar-refractivity contribution in [3.05, 3.63) is 11.9 Å². The fourth-order valence-corrected chi connectivity index (χ4v) is 2.68. The third-order valence-corrected chi connectivity index (χ3v) is 4.02. The quantitative estimate of drug-likeness (QED) is 0.868. The Labute approximate surface area is 108 Å². The van der Waals surface area contributed by atoms with E-state index >= 15 is 0 Å². The molecule has 0 aromatic carbocycles. The Kier molecular flexibility index (Phi) is 3.59. The van der Waals surface area contributed by atoms with Gasteiger partial charge in [0.1, 0.15) is 5.69 Å². The summed E-state index contributed by atoms with van der Waals surface area (Å²) in [4.78, 5) is 14.2. The Morgan fingerprint density at radius 2 is 2.06 bits per heavy atom. The largest absolute Gasteiger partial charge is 0.396 e. The van der Waals surface area contributed by atoms with Crippen molar-refractivity contribution < 1.29 is 4.79 Å². The minimum absolute atomic E-state index is 0.0212. The molecule has 0 unspecified atom stereocenters. The smallest absolute Gasteiger partial charge is 0.274 e. The first kappa shape index (κ1) is 12.9. The van der Waals surface area contributed by atoms with E-state index in [9.17, 15) is 4.79 Å². The zero-order chi connectivity index (χ0) is 13.3. The molecule has 0 bridgehead atoms. The van der Waals surface area contributed by atoms with Gasteiger partial charge in [-0.05, 0) is 31.6 Å². The molecule has 1 amide bonds. The van der Waals surface area contributed by atoms with Crippen LogP contribution >= 0.6 is 0 Å². The number of amides is 1. The lowest BCUT2D eigenvalue weighted by Gasteiger charge is -2.33. The highest BCUT2D eigenvalue weighted by atomic mass is 16.2. The standard InChI is InChI=1S/C13H22N4O/c1-9-4-6-10(7-5-9)16(2)13(18)12-11(14)8-15-17(12)3/h8-10H,4-7,14H2,1-3H3. The van der Waals surface area contributed by atoms with Gasteiger partial charge in [-0.25, -0.2) is 0 Å². The minimum atomic E-state index is -0.0212. The van der Waals surface area contributed by atoms with Gasteiger partial charge in [0.25, 0.3) is 5.91 Å². The van der Waals surface area contributed by atoms with Crippen LogP contribution in [0.25, 0.3) is 0 Å². The Bertz CT molecular complexity index is 413. The lowest BCUT2D eigenvalue weighted by atomic mass is 9.86. The fraction of sp³-hybridized carbons (Fsp3) is 0.692. The van der Waals surface area contributed by atoms with Crippen LogP contribution in [0.5, 0.6) is 0 Å². The number of hydrogen-bond donors (Lipinski definition) is 1. The zero-order valence-corrected chi connectivity index (χ0v) is 11.4. The van der Waals surface area contributed by atoms with Gasteiger partial charge in [-0.15, -0.1) is 0 Å². The van der Waals surface area contributed by atoms with Gasteiger partial charge < -0.3 is 10.6 Å². The number of nitrogen functional groups attached to an aromatic ring is 1. The zero-order valence-electron chi connectivity index (χ0n) is 11.4. The molecule has 1 aliphatic rings. The van der Waals surface area contributed by atoms with Crippen molar-refractivity contribution in [1.29, 1.82) is 0 Å². The summed E-state index contributed by atoms with van der Waals surface area (Å²) in [5.74, 6) is 0.763. The number of nitrogens with zero attached hydrogens (tertiary/aromatic N) is 3. The van der Waals surface area contributed by atoms with Crippen molar-refractivity contribution in [2.45, 2.75) is 38.6 Å². The number of carbonyl (C=O) groups excluding carboxylic acids is 1. The lowest BCUT2D eigenvalue weighted by Crippen LogP contribution is -2.40. The second kappa shape index (κ2) is 5.00. The molecule has 1 aromatic heterocycles. The third-order valence-electron chi connectivity index (χ3n) is 4.02. The predicted molar refractivity (Wildman–Crippen MR) is 71.1 cm³/mol. The molecule has 1 aromatic rings. The van der Waals surface area contributed by atoms with Crippen LogP contribution in [0.4, 0.5) is 5.69 Å². The lowest BCUT2D eigenvalue weighted by molar-refractivity contribution is 0.0669. The molecule has 1 saturated carbocycles. The predicted octanol–water partition coefficient (Wildman–Crippen LogP) is 1.65. The molecule has 0 spiro atoms. The van der Waals surface area contributed by atoms with Gasteiger partial charge in [-0.1, -0.05) is 6.92 Å². The molecule has 0 aliphatic heterocycles. The van der Waals surface area contributed by atoms with Crippen LogP contribution in [0, 0.1) is 5.92 Å². The van der Waals surface area contributed by atoms with E-state index < -0.39 is 0 Å². The van der Waals surface area contributed by atoms with E-state index in [0.29, 0.717) is 17.4 Å². The van der Waals surface area contributed by atoms with Crippen LogP contribution in [0.15, 0.2) is 6.20 Å². The maximum Gasteiger partial charge on any atom is 0.274 e. The molecule has 1 aliphatic carbocycles. The van der Waals surface area contributed by atoms with Crippen molar-refractivity contribution in [3.63, 3.8) is 0 Å². The van der Waals surface area contributed by atoms with Gasteiger partial charge >= 0.3 is 0 Å².